The first kappa shape index (κ1) is 31.7. The van der Waals surface area contributed by atoms with Crippen molar-refractivity contribution in [1.29, 1.82) is 0 Å². The summed E-state index contributed by atoms with van der Waals surface area (Å²) in [5.41, 5.74) is 5.06. The molecule has 1 aliphatic rings. The van der Waals surface area contributed by atoms with Gasteiger partial charge in [0, 0.05) is 42.9 Å². The van der Waals surface area contributed by atoms with Crippen LogP contribution in [-0.4, -0.2) is 10.8 Å². The molecule has 0 heterocycles. The van der Waals surface area contributed by atoms with E-state index >= 15 is 0 Å². The second-order valence-electron chi connectivity index (χ2n) is 10.7. The van der Waals surface area contributed by atoms with Gasteiger partial charge in [-0.2, -0.15) is 49.2 Å². The molecule has 0 aromatic heterocycles. The Hall–Kier alpha value is -4.69. The average Bonchev–Trinajstić information content (AvgIpc) is 3.32. The van der Waals surface area contributed by atoms with Crippen LogP contribution in [0.4, 0.5) is 5.69 Å². The average molecular weight is 659 g/mol. The number of para-hydroxylation sites is 1. The second kappa shape index (κ2) is 14.4. The zero-order valence-electron chi connectivity index (χ0n) is 25.0. The molecular weight excluding hydrogens is 626 g/mol. The number of rotatable bonds is 2. The van der Waals surface area contributed by atoms with Gasteiger partial charge >= 0.3 is 0 Å². The third kappa shape index (κ3) is 6.71. The predicted octanol–water partition coefficient (Wildman–Crippen LogP) is 10.1. The molecule has 218 valence electrons. The van der Waals surface area contributed by atoms with Gasteiger partial charge in [0.05, 0.1) is 11.4 Å². The summed E-state index contributed by atoms with van der Waals surface area (Å²) in [6, 6.07) is 56.3. The summed E-state index contributed by atoms with van der Waals surface area (Å²) in [4.78, 5) is 5.00. The molecule has 0 spiro atoms. The molecule has 2 nitrogen and oxygen atoms in total. The van der Waals surface area contributed by atoms with Gasteiger partial charge in [-0.3, -0.25) is 0 Å². The van der Waals surface area contributed by atoms with E-state index < -0.39 is 5.60 Å². The predicted molar refractivity (Wildman–Crippen MR) is 185 cm³/mol. The van der Waals surface area contributed by atoms with Crippen molar-refractivity contribution in [3.8, 4) is 0 Å². The summed E-state index contributed by atoms with van der Waals surface area (Å²) < 4.78 is 0. The monoisotopic (exact) mass is 657 g/mol. The molecule has 0 amide bonds. The van der Waals surface area contributed by atoms with Gasteiger partial charge in [-0.15, -0.1) is 24.3 Å². The smallest absolute Gasteiger partial charge is 0.159 e. The van der Waals surface area contributed by atoms with Gasteiger partial charge in [0.2, 0.25) is 0 Å². The van der Waals surface area contributed by atoms with Crippen molar-refractivity contribution in [3.63, 3.8) is 0 Å². The maximum Gasteiger partial charge on any atom is 0.159 e. The largest absolute Gasteiger partial charge is 0.374 e. The standard InChI is InChI=1S/C28H19NO.2C7H7.Zr/c30-28(24-17-7-10-19-9-4-5-15-22(19)24)25-18-8-12-20-11-6-16-23(26(20)25)27(28)29-21-13-2-1-3-14-21;2*1-7-5-3-2-4-6-7;/h1-18,30H;2*2-6H,1H2;/q;2*-1;. The minimum atomic E-state index is -1.33. The molecule has 7 aromatic rings. The molecule has 0 radical (unpaired) electrons. The Labute approximate surface area is 284 Å². The van der Waals surface area contributed by atoms with E-state index in [1.807, 2.05) is 133 Å². The molecule has 3 heteroatoms. The van der Waals surface area contributed by atoms with Crippen molar-refractivity contribution in [3.05, 3.63) is 212 Å². The molecule has 0 fully saturated rings. The van der Waals surface area contributed by atoms with Crippen LogP contribution in [0, 0.1) is 13.8 Å². The minimum absolute atomic E-state index is 0. The number of aliphatic hydroxyl groups is 1. The van der Waals surface area contributed by atoms with Gasteiger partial charge in [-0.1, -0.05) is 109 Å². The quantitative estimate of drug-likeness (QED) is 0.184. The maximum absolute atomic E-state index is 12.5. The molecule has 8 rings (SSSR count). The van der Waals surface area contributed by atoms with Crippen LogP contribution in [0.2, 0.25) is 0 Å². The molecule has 0 bridgehead atoms. The molecule has 1 N–H and O–H groups in total. The van der Waals surface area contributed by atoms with Crippen LogP contribution in [0.1, 0.15) is 27.8 Å². The number of fused-ring (bicyclic) bond motifs is 1. The zero-order chi connectivity index (χ0) is 30.4. The minimum Gasteiger partial charge on any atom is -0.374 e. The van der Waals surface area contributed by atoms with Crippen molar-refractivity contribution < 1.29 is 31.3 Å². The zero-order valence-corrected chi connectivity index (χ0v) is 27.4. The van der Waals surface area contributed by atoms with Crippen molar-refractivity contribution in [2.45, 2.75) is 5.60 Å². The van der Waals surface area contributed by atoms with E-state index in [1.165, 1.54) is 0 Å². The Morgan fingerprint density at radius 3 is 1.51 bits per heavy atom. The van der Waals surface area contributed by atoms with Crippen molar-refractivity contribution in [2.75, 3.05) is 0 Å². The van der Waals surface area contributed by atoms with Crippen LogP contribution in [0.25, 0.3) is 21.5 Å². The summed E-state index contributed by atoms with van der Waals surface area (Å²) in [7, 11) is 0. The third-order valence-corrected chi connectivity index (χ3v) is 7.75. The molecule has 0 saturated carbocycles. The molecular formula is C42H33NOZr-2. The first-order valence-electron chi connectivity index (χ1n) is 14.7. The van der Waals surface area contributed by atoms with Gasteiger partial charge in [0.15, 0.2) is 5.60 Å². The second-order valence-corrected chi connectivity index (χ2v) is 10.7. The van der Waals surface area contributed by atoms with Crippen LogP contribution in [-0.2, 0) is 31.8 Å². The van der Waals surface area contributed by atoms with Gasteiger partial charge in [0.1, 0.15) is 0 Å². The van der Waals surface area contributed by atoms with E-state index in [0.29, 0.717) is 5.71 Å². The Bertz CT molecular complexity index is 1990. The summed E-state index contributed by atoms with van der Waals surface area (Å²) in [5, 5.41) is 16.8. The number of aliphatic imine (C=N–C) groups is 1. The van der Waals surface area contributed by atoms with E-state index in [4.69, 9.17) is 4.99 Å². The number of nitrogens with zero attached hydrogens (tertiary/aromatic N) is 1. The normalized spacial score (nSPS) is 15.4. The van der Waals surface area contributed by atoms with Gasteiger partial charge < -0.3 is 5.11 Å². The summed E-state index contributed by atoms with van der Waals surface area (Å²) >= 11 is 0. The first-order valence-corrected chi connectivity index (χ1v) is 14.7. The van der Waals surface area contributed by atoms with Crippen LogP contribution >= 0.6 is 0 Å². The summed E-state index contributed by atoms with van der Waals surface area (Å²) in [6.07, 6.45) is 0. The Balaban J connectivity index is 0.000000221. The number of hydrogen-bond acceptors (Lipinski definition) is 2. The fraction of sp³-hybridized carbons (Fsp3) is 0.0238. The maximum atomic E-state index is 12.5. The van der Waals surface area contributed by atoms with E-state index in [2.05, 4.69) is 50.2 Å². The van der Waals surface area contributed by atoms with Crippen LogP contribution in [0.5, 0.6) is 0 Å². The molecule has 0 aliphatic heterocycles. The Kier molecular flexibility index (Phi) is 10.2. The summed E-state index contributed by atoms with van der Waals surface area (Å²) in [6.45, 7) is 7.44. The summed E-state index contributed by atoms with van der Waals surface area (Å²) in [5.74, 6) is 0. The van der Waals surface area contributed by atoms with Crippen LogP contribution in [0.15, 0.2) is 175 Å². The number of hydrogen-bond donors (Lipinski definition) is 1. The third-order valence-electron chi connectivity index (χ3n) is 7.75. The van der Waals surface area contributed by atoms with Gasteiger partial charge in [0.25, 0.3) is 0 Å². The molecule has 45 heavy (non-hydrogen) atoms. The van der Waals surface area contributed by atoms with E-state index in [1.54, 1.807) is 0 Å². The SMILES string of the molecule is OC1(c2cccc3ccccc23)C(=Nc2ccccc2)c2cccc3cccc1c23.[CH2-]c1ccccc1.[CH2-]c1ccccc1.[Zr]. The molecule has 7 aromatic carbocycles. The van der Waals surface area contributed by atoms with Crippen molar-refractivity contribution >= 4 is 32.9 Å². The first-order chi connectivity index (χ1) is 21.6. The Morgan fingerprint density at radius 2 is 0.933 bits per heavy atom. The van der Waals surface area contributed by atoms with Crippen molar-refractivity contribution in [2.24, 2.45) is 4.99 Å². The van der Waals surface area contributed by atoms with E-state index in [-0.39, 0.29) is 26.2 Å². The van der Waals surface area contributed by atoms with E-state index in [9.17, 15) is 5.11 Å². The fourth-order valence-electron chi connectivity index (χ4n) is 5.70. The van der Waals surface area contributed by atoms with Crippen LogP contribution in [0.3, 0.4) is 0 Å². The number of benzene rings is 7. The van der Waals surface area contributed by atoms with E-state index in [0.717, 1.165) is 55.0 Å². The fourth-order valence-corrected chi connectivity index (χ4v) is 5.70. The topological polar surface area (TPSA) is 32.6 Å². The van der Waals surface area contributed by atoms with Gasteiger partial charge in [-0.25, -0.2) is 4.99 Å². The van der Waals surface area contributed by atoms with Crippen LogP contribution < -0.4 is 0 Å². The van der Waals surface area contributed by atoms with Crippen molar-refractivity contribution in [1.82, 2.24) is 0 Å². The molecule has 1 atom stereocenters. The Morgan fingerprint density at radius 1 is 0.467 bits per heavy atom. The molecule has 1 unspecified atom stereocenters. The van der Waals surface area contributed by atoms with Gasteiger partial charge in [-0.05, 0) is 33.7 Å². The molecule has 1 aliphatic carbocycles. The molecule has 0 saturated heterocycles.